The Balaban J connectivity index is 2.12. The van der Waals surface area contributed by atoms with Crippen molar-refractivity contribution in [1.82, 2.24) is 14.7 Å². The van der Waals surface area contributed by atoms with Crippen molar-refractivity contribution < 1.29 is 0 Å². The molecule has 0 aromatic carbocycles. The molecule has 6 heteroatoms. The topological polar surface area (TPSA) is 50.2 Å². The Morgan fingerprint density at radius 2 is 2.37 bits per heavy atom. The van der Waals surface area contributed by atoms with Crippen molar-refractivity contribution in [3.8, 4) is 0 Å². The molecule has 1 saturated heterocycles. The van der Waals surface area contributed by atoms with E-state index in [2.05, 4.69) is 22.4 Å². The molecule has 1 aliphatic rings. The molecule has 0 spiro atoms. The van der Waals surface area contributed by atoms with Crippen molar-refractivity contribution in [3.63, 3.8) is 0 Å². The molecule has 0 bridgehead atoms. The molecule has 1 aromatic heterocycles. The van der Waals surface area contributed by atoms with Crippen LogP contribution in [0.5, 0.6) is 0 Å². The van der Waals surface area contributed by atoms with Crippen molar-refractivity contribution in [1.29, 1.82) is 0 Å². The first kappa shape index (κ1) is 14.3. The van der Waals surface area contributed by atoms with Crippen molar-refractivity contribution in [2.75, 3.05) is 25.5 Å². The van der Waals surface area contributed by atoms with E-state index in [1.807, 2.05) is 6.92 Å². The lowest BCUT2D eigenvalue weighted by Crippen LogP contribution is -2.40. The molecule has 1 unspecified atom stereocenters. The summed E-state index contributed by atoms with van der Waals surface area (Å²) in [5.74, 6) is 0. The Morgan fingerprint density at radius 3 is 3.05 bits per heavy atom. The first-order valence-corrected chi connectivity index (χ1v) is 7.20. The van der Waals surface area contributed by atoms with Crippen LogP contribution in [0.1, 0.15) is 26.2 Å². The zero-order chi connectivity index (χ0) is 13.8. The molecule has 2 heterocycles. The number of anilines is 1. The lowest BCUT2D eigenvalue weighted by molar-refractivity contribution is 0.261. The number of likely N-dealkylation sites (tertiary alicyclic amines) is 1. The second-order valence-electron chi connectivity index (χ2n) is 5.15. The number of nitrogens with one attached hydrogen (secondary N) is 1. The van der Waals surface area contributed by atoms with Crippen LogP contribution in [0, 0.1) is 0 Å². The van der Waals surface area contributed by atoms with Crippen molar-refractivity contribution >= 4 is 17.3 Å². The van der Waals surface area contributed by atoms with Gasteiger partial charge in [0.15, 0.2) is 0 Å². The SMILES string of the molecule is CCCn1ncc(NC2CCCN(C)C2)c(Cl)c1=O. The fourth-order valence-electron chi connectivity index (χ4n) is 2.44. The lowest BCUT2D eigenvalue weighted by Gasteiger charge is -2.30. The molecule has 19 heavy (non-hydrogen) atoms. The number of hydrogen-bond acceptors (Lipinski definition) is 4. The minimum atomic E-state index is -0.210. The van der Waals surface area contributed by atoms with E-state index >= 15 is 0 Å². The van der Waals surface area contributed by atoms with Gasteiger partial charge in [-0.05, 0) is 32.9 Å². The van der Waals surface area contributed by atoms with Gasteiger partial charge in [-0.2, -0.15) is 5.10 Å². The molecule has 1 N–H and O–H groups in total. The average Bonchev–Trinajstić information content (AvgIpc) is 2.39. The summed E-state index contributed by atoms with van der Waals surface area (Å²) in [5, 5.41) is 7.74. The first-order valence-electron chi connectivity index (χ1n) is 6.82. The van der Waals surface area contributed by atoms with Gasteiger partial charge < -0.3 is 10.2 Å². The van der Waals surface area contributed by atoms with Gasteiger partial charge >= 0.3 is 0 Å². The summed E-state index contributed by atoms with van der Waals surface area (Å²) in [6.45, 7) is 4.70. The van der Waals surface area contributed by atoms with E-state index in [0.717, 1.165) is 32.4 Å². The number of aromatic nitrogens is 2. The Kier molecular flexibility index (Phi) is 4.82. The Labute approximate surface area is 118 Å². The minimum absolute atomic E-state index is 0.210. The molecule has 0 amide bonds. The summed E-state index contributed by atoms with van der Waals surface area (Å²) in [5.41, 5.74) is 0.442. The van der Waals surface area contributed by atoms with Crippen molar-refractivity contribution in [2.45, 2.75) is 38.8 Å². The normalized spacial score (nSPS) is 20.5. The van der Waals surface area contributed by atoms with Crippen molar-refractivity contribution in [2.24, 2.45) is 0 Å². The van der Waals surface area contributed by atoms with Gasteiger partial charge in [0.1, 0.15) is 5.02 Å². The first-order chi connectivity index (χ1) is 9.11. The maximum atomic E-state index is 12.0. The van der Waals surface area contributed by atoms with E-state index in [-0.39, 0.29) is 10.6 Å². The van der Waals surface area contributed by atoms with Crippen LogP contribution in [0.25, 0.3) is 0 Å². The maximum absolute atomic E-state index is 12.0. The molecule has 1 aliphatic heterocycles. The predicted molar refractivity (Wildman–Crippen MR) is 77.9 cm³/mol. The highest BCUT2D eigenvalue weighted by atomic mass is 35.5. The van der Waals surface area contributed by atoms with Gasteiger partial charge in [-0.15, -0.1) is 0 Å². The fourth-order valence-corrected chi connectivity index (χ4v) is 2.64. The van der Waals surface area contributed by atoms with Crippen LogP contribution in [0.15, 0.2) is 11.0 Å². The van der Waals surface area contributed by atoms with Crippen LogP contribution in [-0.4, -0.2) is 40.9 Å². The number of rotatable bonds is 4. The third-order valence-corrected chi connectivity index (χ3v) is 3.77. The van der Waals surface area contributed by atoms with Crippen LogP contribution in [-0.2, 0) is 6.54 Å². The molecule has 1 atom stereocenters. The van der Waals surface area contributed by atoms with Gasteiger partial charge in [0.05, 0.1) is 11.9 Å². The fraction of sp³-hybridized carbons (Fsp3) is 0.692. The monoisotopic (exact) mass is 284 g/mol. The summed E-state index contributed by atoms with van der Waals surface area (Å²) in [4.78, 5) is 14.3. The van der Waals surface area contributed by atoms with Crippen LogP contribution in [0.4, 0.5) is 5.69 Å². The second-order valence-corrected chi connectivity index (χ2v) is 5.52. The van der Waals surface area contributed by atoms with E-state index in [4.69, 9.17) is 11.6 Å². The van der Waals surface area contributed by atoms with Gasteiger partial charge in [-0.25, -0.2) is 4.68 Å². The summed E-state index contributed by atoms with van der Waals surface area (Å²) < 4.78 is 1.42. The molecule has 0 aliphatic carbocycles. The number of hydrogen-bond donors (Lipinski definition) is 1. The van der Waals surface area contributed by atoms with Crippen LogP contribution in [0.3, 0.4) is 0 Å². The second kappa shape index (κ2) is 6.39. The molecule has 0 saturated carbocycles. The molecular formula is C13H21ClN4O. The Bertz CT molecular complexity index is 488. The van der Waals surface area contributed by atoms with E-state index in [1.165, 1.54) is 4.68 Å². The smallest absolute Gasteiger partial charge is 0.287 e. The number of piperidine rings is 1. The van der Waals surface area contributed by atoms with Gasteiger partial charge in [-0.1, -0.05) is 18.5 Å². The van der Waals surface area contributed by atoms with Crippen LogP contribution >= 0.6 is 11.6 Å². The molecule has 2 rings (SSSR count). The zero-order valence-electron chi connectivity index (χ0n) is 11.5. The molecule has 5 nitrogen and oxygen atoms in total. The van der Waals surface area contributed by atoms with E-state index < -0.39 is 0 Å². The minimum Gasteiger partial charge on any atom is -0.378 e. The highest BCUT2D eigenvalue weighted by molar-refractivity contribution is 6.32. The third-order valence-electron chi connectivity index (χ3n) is 3.40. The number of likely N-dealkylation sites (N-methyl/N-ethyl adjacent to an activating group) is 1. The molecule has 0 radical (unpaired) electrons. The standard InChI is InChI=1S/C13H21ClN4O/c1-3-6-18-13(19)12(14)11(8-15-18)16-10-5-4-7-17(2)9-10/h8,10,16H,3-7,9H2,1-2H3. The Morgan fingerprint density at radius 1 is 1.58 bits per heavy atom. The zero-order valence-corrected chi connectivity index (χ0v) is 12.3. The van der Waals surface area contributed by atoms with Gasteiger partial charge in [0, 0.05) is 19.1 Å². The maximum Gasteiger partial charge on any atom is 0.287 e. The molecule has 1 fully saturated rings. The van der Waals surface area contributed by atoms with Crippen LogP contribution < -0.4 is 10.9 Å². The summed E-state index contributed by atoms with van der Waals surface area (Å²) >= 11 is 6.14. The highest BCUT2D eigenvalue weighted by Crippen LogP contribution is 2.19. The number of aryl methyl sites for hydroxylation is 1. The van der Waals surface area contributed by atoms with Gasteiger partial charge in [0.2, 0.25) is 0 Å². The number of halogens is 1. The lowest BCUT2D eigenvalue weighted by atomic mass is 10.1. The predicted octanol–water partition coefficient (Wildman–Crippen LogP) is 1.81. The number of nitrogens with zero attached hydrogens (tertiary/aromatic N) is 3. The van der Waals surface area contributed by atoms with Crippen molar-refractivity contribution in [3.05, 3.63) is 21.6 Å². The quantitative estimate of drug-likeness (QED) is 0.916. The molecular weight excluding hydrogens is 264 g/mol. The van der Waals surface area contributed by atoms with Gasteiger partial charge in [0.25, 0.3) is 5.56 Å². The highest BCUT2D eigenvalue weighted by Gasteiger charge is 2.19. The molecule has 1 aromatic rings. The Hall–Kier alpha value is -1.07. The summed E-state index contributed by atoms with van der Waals surface area (Å²) in [6, 6.07) is 0.333. The van der Waals surface area contributed by atoms with E-state index in [9.17, 15) is 4.79 Å². The van der Waals surface area contributed by atoms with E-state index in [1.54, 1.807) is 6.20 Å². The summed E-state index contributed by atoms with van der Waals surface area (Å²) in [7, 11) is 2.10. The van der Waals surface area contributed by atoms with Crippen LogP contribution in [0.2, 0.25) is 5.02 Å². The largest absolute Gasteiger partial charge is 0.378 e. The van der Waals surface area contributed by atoms with E-state index in [0.29, 0.717) is 18.3 Å². The molecule has 106 valence electrons. The van der Waals surface area contributed by atoms with Gasteiger partial charge in [-0.3, -0.25) is 4.79 Å². The summed E-state index contributed by atoms with van der Waals surface area (Å²) in [6.07, 6.45) is 4.78. The third kappa shape index (κ3) is 3.48. The average molecular weight is 285 g/mol.